The molecule has 14 N–H and O–H groups in total. The molecule has 0 aromatic heterocycles. The first-order chi connectivity index (χ1) is 34.4. The average Bonchev–Trinajstić information content (AvgIpc) is 3.64. The van der Waals surface area contributed by atoms with Crippen LogP contribution in [0.4, 0.5) is 0 Å². The Hall–Kier alpha value is -1.14. The van der Waals surface area contributed by atoms with E-state index in [2.05, 4.69) is 19.9 Å². The fourth-order valence-electron chi connectivity index (χ4n) is 14.5. The van der Waals surface area contributed by atoms with Crippen LogP contribution in [0.3, 0.4) is 0 Å². The molecule has 3 saturated carbocycles. The number of hydrogen-bond donors (Lipinski definition) is 14. The molecular weight excluding hydrogens is 965 g/mol. The van der Waals surface area contributed by atoms with E-state index in [-0.39, 0.29) is 41.1 Å². The Bertz CT molecular complexity index is 1830. The summed E-state index contributed by atoms with van der Waals surface area (Å²) in [6, 6.07) is 0. The van der Waals surface area contributed by atoms with Crippen molar-refractivity contribution in [3.63, 3.8) is 0 Å². The van der Waals surface area contributed by atoms with Crippen LogP contribution in [-0.2, 0) is 37.9 Å². The minimum atomic E-state index is -1.76. The van der Waals surface area contributed by atoms with Gasteiger partial charge in [0.15, 0.2) is 25.2 Å². The van der Waals surface area contributed by atoms with E-state index in [1.54, 1.807) is 0 Å². The second-order valence-electron chi connectivity index (χ2n) is 23.6. The van der Waals surface area contributed by atoms with Gasteiger partial charge in [-0.1, -0.05) is 39.3 Å². The molecule has 8 rings (SSSR count). The third-order valence-electron chi connectivity index (χ3n) is 19.0. The third-order valence-corrected chi connectivity index (χ3v) is 19.0. The van der Waals surface area contributed by atoms with E-state index >= 15 is 0 Å². The van der Waals surface area contributed by atoms with E-state index in [1.807, 2.05) is 13.8 Å². The summed E-state index contributed by atoms with van der Waals surface area (Å²) >= 11 is 0. The number of allylic oxidation sites excluding steroid dienone is 1. The molecule has 0 aromatic carbocycles. The predicted molar refractivity (Wildman–Crippen MR) is 251 cm³/mol. The highest BCUT2D eigenvalue weighted by molar-refractivity contribution is 5.26. The minimum Gasteiger partial charge on any atom is -0.394 e. The summed E-state index contributed by atoms with van der Waals surface area (Å²) in [6.45, 7) is 10.4. The van der Waals surface area contributed by atoms with Crippen LogP contribution in [0.1, 0.15) is 99.3 Å². The number of hydrogen-bond acceptors (Lipinski definition) is 22. The van der Waals surface area contributed by atoms with Crippen LogP contribution in [0.15, 0.2) is 11.6 Å². The number of ether oxygens (including phenoxy) is 8. The van der Waals surface area contributed by atoms with Gasteiger partial charge in [-0.25, -0.2) is 0 Å². The fraction of sp³-hybridized carbons (Fsp3) is 0.961. The second-order valence-corrected chi connectivity index (χ2v) is 23.6. The maximum atomic E-state index is 12.0. The van der Waals surface area contributed by atoms with Crippen molar-refractivity contribution >= 4 is 0 Å². The van der Waals surface area contributed by atoms with Gasteiger partial charge in [-0.2, -0.15) is 0 Å². The van der Waals surface area contributed by atoms with Gasteiger partial charge in [0, 0.05) is 0 Å². The van der Waals surface area contributed by atoms with Crippen LogP contribution >= 0.6 is 0 Å². The Morgan fingerprint density at radius 3 is 1.81 bits per heavy atom. The lowest BCUT2D eigenvalue weighted by Gasteiger charge is -2.58. The monoisotopic (exact) mass is 1050 g/mol. The molecule has 4 aliphatic heterocycles. The SMILES string of the molecule is C[C@H](CCC(O)[C@@H](C)[C@H]1[C@@H](O)C[C@H]2[C@@H]3CC=C4C[C@@H](O[C@@H]5O[C@H](CO)[C@@H](O[C@@H]6O[C@@H](C)[C@H](O)[C@@H](O)[C@H]6O)[C@H](O)[C@H]5O[C@@H]5O[C@@H](C)[C@H](O)[C@@H](O)[C@H]5O)CC[C@]4(C)[C@H]3CC[C@]12C)CO[C@@H]1O[C@H](CO)[C@@H](O)[C@H](O)[C@H]1O. The lowest BCUT2D eigenvalue weighted by molar-refractivity contribution is -0.388. The molecule has 73 heavy (non-hydrogen) atoms. The molecular formula is C51H86O22. The van der Waals surface area contributed by atoms with Crippen LogP contribution < -0.4 is 0 Å². The average molecular weight is 1050 g/mol. The van der Waals surface area contributed by atoms with E-state index in [9.17, 15) is 71.5 Å². The molecule has 4 aliphatic carbocycles. The smallest absolute Gasteiger partial charge is 0.187 e. The van der Waals surface area contributed by atoms with E-state index in [0.29, 0.717) is 43.9 Å². The van der Waals surface area contributed by atoms with E-state index in [4.69, 9.17) is 37.9 Å². The van der Waals surface area contributed by atoms with Crippen LogP contribution in [0.2, 0.25) is 0 Å². The van der Waals surface area contributed by atoms with Gasteiger partial charge >= 0.3 is 0 Å². The highest BCUT2D eigenvalue weighted by atomic mass is 16.8. The molecule has 1 unspecified atom stereocenters. The van der Waals surface area contributed by atoms with Crippen molar-refractivity contribution in [1.82, 2.24) is 0 Å². The Labute approximate surface area is 426 Å². The molecule has 0 radical (unpaired) electrons. The molecule has 0 aromatic rings. The maximum Gasteiger partial charge on any atom is 0.187 e. The quantitative estimate of drug-likeness (QED) is 0.0720. The van der Waals surface area contributed by atoms with E-state index in [0.717, 1.165) is 25.7 Å². The summed E-state index contributed by atoms with van der Waals surface area (Å²) in [5.41, 5.74) is 0.813. The van der Waals surface area contributed by atoms with Crippen LogP contribution in [0, 0.1) is 46.3 Å². The molecule has 22 nitrogen and oxygen atoms in total. The minimum absolute atomic E-state index is 0.0675. The predicted octanol–water partition coefficient (Wildman–Crippen LogP) is -2.35. The van der Waals surface area contributed by atoms with Gasteiger partial charge in [-0.3, -0.25) is 0 Å². The largest absolute Gasteiger partial charge is 0.394 e. The topological polar surface area (TPSA) is 357 Å². The number of aliphatic hydroxyl groups excluding tert-OH is 14. The molecule has 0 spiro atoms. The van der Waals surface area contributed by atoms with Crippen molar-refractivity contribution in [3.8, 4) is 0 Å². The first-order valence-electron chi connectivity index (χ1n) is 26.7. The van der Waals surface area contributed by atoms with Crippen LogP contribution in [0.5, 0.6) is 0 Å². The van der Waals surface area contributed by atoms with E-state index in [1.165, 1.54) is 19.4 Å². The van der Waals surface area contributed by atoms with Crippen molar-refractivity contribution in [2.75, 3.05) is 19.8 Å². The van der Waals surface area contributed by atoms with Gasteiger partial charge in [0.05, 0.1) is 50.3 Å². The number of fused-ring (bicyclic) bond motifs is 5. The first-order valence-corrected chi connectivity index (χ1v) is 26.7. The fourth-order valence-corrected chi connectivity index (χ4v) is 14.5. The summed E-state index contributed by atoms with van der Waals surface area (Å²) in [7, 11) is 0. The molecule has 4 saturated heterocycles. The van der Waals surface area contributed by atoms with E-state index < -0.39 is 154 Å². The molecule has 8 aliphatic rings. The lowest BCUT2D eigenvalue weighted by Crippen LogP contribution is -2.66. The zero-order valence-corrected chi connectivity index (χ0v) is 42.8. The first kappa shape index (κ1) is 58.0. The summed E-state index contributed by atoms with van der Waals surface area (Å²) < 4.78 is 47.8. The Morgan fingerprint density at radius 2 is 1.19 bits per heavy atom. The van der Waals surface area contributed by atoms with Gasteiger partial charge in [0.25, 0.3) is 0 Å². The summed E-state index contributed by atoms with van der Waals surface area (Å²) in [5, 5.41) is 150. The van der Waals surface area contributed by atoms with Crippen molar-refractivity contribution in [1.29, 1.82) is 0 Å². The van der Waals surface area contributed by atoms with Gasteiger partial charge in [-0.15, -0.1) is 0 Å². The Balaban J connectivity index is 0.914. The normalized spacial score (nSPS) is 52.6. The summed E-state index contributed by atoms with van der Waals surface area (Å²) in [4.78, 5) is 0. The van der Waals surface area contributed by atoms with Crippen LogP contribution in [0.25, 0.3) is 0 Å². The van der Waals surface area contributed by atoms with Crippen LogP contribution in [-0.4, -0.2) is 232 Å². The molecule has 0 amide bonds. The zero-order chi connectivity index (χ0) is 53.2. The van der Waals surface area contributed by atoms with Crippen molar-refractivity contribution in [2.24, 2.45) is 46.3 Å². The summed E-state index contributed by atoms with van der Waals surface area (Å²) in [6.07, 6.45) is -22.4. The number of aliphatic hydroxyl groups is 14. The highest BCUT2D eigenvalue weighted by Crippen LogP contribution is 2.67. The molecule has 31 atom stereocenters. The Morgan fingerprint density at radius 1 is 0.616 bits per heavy atom. The van der Waals surface area contributed by atoms with Crippen molar-refractivity contribution in [2.45, 2.75) is 240 Å². The standard InChI is InChI=1S/C51H86O22/c1-20(19-66-46-40(62)39(61)36(58)31(17-52)70-46)7-10-29(54)21(2)33-30(55)16-28-26-9-8-24-15-25(11-13-50(24,5)27(26)12-14-51(28,33)6)69-49-45(73-48-42(64)38(60)35(57)23(4)68-48)43(65)44(32(18-53)71-49)72-47-41(63)37(59)34(56)22(3)67-47/h8,20-23,25-49,52-65H,7,9-19H2,1-6H3/t20-,21-,22+,23+,25+,26-,27+,28+,29?,30+,31-,32-,33+,34+,35+,36-,37-,38-,39+,40-,41-,42-,43+,44-,45-,46-,47+,48+,49-,50+,51+/m1/s1. The van der Waals surface area contributed by atoms with Crippen molar-refractivity contribution < 1.29 is 109 Å². The third kappa shape index (κ3) is 11.1. The molecule has 0 bridgehead atoms. The second kappa shape index (κ2) is 23.3. The summed E-state index contributed by atoms with van der Waals surface area (Å²) in [5.74, 6) is 0.419. The lowest BCUT2D eigenvalue weighted by atomic mass is 9.47. The highest BCUT2D eigenvalue weighted by Gasteiger charge is 2.63. The maximum absolute atomic E-state index is 12.0. The molecule has 7 fully saturated rings. The van der Waals surface area contributed by atoms with Gasteiger partial charge in [0.1, 0.15) is 85.5 Å². The van der Waals surface area contributed by atoms with Gasteiger partial charge < -0.3 is 109 Å². The van der Waals surface area contributed by atoms with Crippen molar-refractivity contribution in [3.05, 3.63) is 11.6 Å². The molecule has 4 heterocycles. The molecule has 22 heteroatoms. The molecule has 422 valence electrons. The number of rotatable bonds is 16. The zero-order valence-electron chi connectivity index (χ0n) is 42.8. The van der Waals surface area contributed by atoms with Gasteiger partial charge in [0.2, 0.25) is 0 Å². The Kier molecular flexibility index (Phi) is 18.5. The van der Waals surface area contributed by atoms with Gasteiger partial charge in [-0.05, 0) is 118 Å².